The van der Waals surface area contributed by atoms with E-state index in [2.05, 4.69) is 15.3 Å². The summed E-state index contributed by atoms with van der Waals surface area (Å²) < 4.78 is 5.82. The second kappa shape index (κ2) is 11.3. The van der Waals surface area contributed by atoms with Crippen molar-refractivity contribution in [2.75, 3.05) is 18.4 Å². The predicted molar refractivity (Wildman–Crippen MR) is 134 cm³/mol. The highest BCUT2D eigenvalue weighted by Crippen LogP contribution is 2.21. The van der Waals surface area contributed by atoms with Crippen LogP contribution in [0.2, 0.25) is 5.02 Å². The van der Waals surface area contributed by atoms with Crippen molar-refractivity contribution >= 4 is 46.6 Å². The molecule has 1 N–H and O–H groups in total. The summed E-state index contributed by atoms with van der Waals surface area (Å²) in [5.41, 5.74) is 1.78. The van der Waals surface area contributed by atoms with Crippen LogP contribution in [-0.2, 0) is 16.2 Å². The van der Waals surface area contributed by atoms with Crippen molar-refractivity contribution in [2.24, 2.45) is 5.92 Å². The number of piperidine rings is 1. The number of benzene rings is 1. The largest absolute Gasteiger partial charge is 0.487 e. The van der Waals surface area contributed by atoms with Crippen LogP contribution in [0, 0.1) is 12.8 Å². The first kappa shape index (κ1) is 23.9. The van der Waals surface area contributed by atoms with Crippen LogP contribution in [0.4, 0.5) is 5.82 Å². The third-order valence-corrected chi connectivity index (χ3v) is 6.53. The molecular weight excluding hydrogens is 472 g/mol. The molecule has 1 aliphatic rings. The van der Waals surface area contributed by atoms with E-state index in [0.29, 0.717) is 43.4 Å². The Balaban J connectivity index is 1.25. The molecule has 1 saturated heterocycles. The van der Waals surface area contributed by atoms with Crippen molar-refractivity contribution in [2.45, 2.75) is 26.4 Å². The zero-order valence-electron chi connectivity index (χ0n) is 18.7. The maximum absolute atomic E-state index is 12.6. The van der Waals surface area contributed by atoms with Crippen LogP contribution in [0.1, 0.15) is 29.1 Å². The zero-order valence-corrected chi connectivity index (χ0v) is 20.3. The minimum atomic E-state index is -0.152. The van der Waals surface area contributed by atoms with Gasteiger partial charge in [-0.3, -0.25) is 9.59 Å². The van der Waals surface area contributed by atoms with Crippen LogP contribution in [0.25, 0.3) is 6.08 Å². The molecule has 0 aliphatic carbocycles. The van der Waals surface area contributed by atoms with Gasteiger partial charge in [-0.15, -0.1) is 11.3 Å². The molecule has 1 aliphatic heterocycles. The van der Waals surface area contributed by atoms with Gasteiger partial charge in [0.05, 0.1) is 15.7 Å². The Kier molecular flexibility index (Phi) is 7.92. The number of hydrogen-bond donors (Lipinski definition) is 1. The van der Waals surface area contributed by atoms with E-state index in [9.17, 15) is 9.59 Å². The molecular formula is C25H25ClN4O3S. The van der Waals surface area contributed by atoms with E-state index in [-0.39, 0.29) is 17.7 Å². The average molecular weight is 497 g/mol. The number of ether oxygens (including phenoxy) is 1. The van der Waals surface area contributed by atoms with E-state index >= 15 is 0 Å². The quantitative estimate of drug-likeness (QED) is 0.467. The summed E-state index contributed by atoms with van der Waals surface area (Å²) in [6, 6.07) is 10.9. The van der Waals surface area contributed by atoms with Crippen LogP contribution in [0.3, 0.4) is 0 Å². The first-order valence-corrected chi connectivity index (χ1v) is 12.3. The van der Waals surface area contributed by atoms with Crippen LogP contribution in [0.15, 0.2) is 54.1 Å². The number of aryl methyl sites for hydroxylation is 1. The SMILES string of the molecule is Cc1nc(COc2cccc(/C=C/C(=O)N3CCC(C(=O)Nc4ccc(Cl)cn4)CC3)c2)cs1. The fourth-order valence-electron chi connectivity index (χ4n) is 3.65. The number of carbonyl (C=O) groups excluding carboxylic acids is 2. The van der Waals surface area contributed by atoms with Gasteiger partial charge in [-0.1, -0.05) is 23.7 Å². The van der Waals surface area contributed by atoms with E-state index in [0.717, 1.165) is 22.0 Å². The van der Waals surface area contributed by atoms with Gasteiger partial charge < -0.3 is 15.0 Å². The van der Waals surface area contributed by atoms with Crippen LogP contribution in [0.5, 0.6) is 5.75 Å². The molecule has 9 heteroatoms. The molecule has 34 heavy (non-hydrogen) atoms. The lowest BCUT2D eigenvalue weighted by Gasteiger charge is -2.30. The van der Waals surface area contributed by atoms with Gasteiger partial charge in [0.1, 0.15) is 18.2 Å². The molecule has 4 rings (SSSR count). The van der Waals surface area contributed by atoms with E-state index in [1.54, 1.807) is 40.5 Å². The highest BCUT2D eigenvalue weighted by atomic mass is 35.5. The lowest BCUT2D eigenvalue weighted by Crippen LogP contribution is -2.40. The van der Waals surface area contributed by atoms with Gasteiger partial charge >= 0.3 is 0 Å². The van der Waals surface area contributed by atoms with Crippen molar-refractivity contribution in [3.05, 3.63) is 75.3 Å². The summed E-state index contributed by atoms with van der Waals surface area (Å²) in [6.07, 6.45) is 6.07. The maximum atomic E-state index is 12.6. The van der Waals surface area contributed by atoms with Gasteiger partial charge in [0.15, 0.2) is 0 Å². The molecule has 1 fully saturated rings. The second-order valence-electron chi connectivity index (χ2n) is 8.00. The highest BCUT2D eigenvalue weighted by molar-refractivity contribution is 7.09. The topological polar surface area (TPSA) is 84.4 Å². The van der Waals surface area contributed by atoms with E-state index in [4.69, 9.17) is 16.3 Å². The van der Waals surface area contributed by atoms with Gasteiger partial charge in [0.2, 0.25) is 11.8 Å². The maximum Gasteiger partial charge on any atom is 0.246 e. The number of nitrogens with one attached hydrogen (secondary N) is 1. The van der Waals surface area contributed by atoms with Gasteiger partial charge in [0.25, 0.3) is 0 Å². The van der Waals surface area contributed by atoms with Crippen molar-refractivity contribution < 1.29 is 14.3 Å². The minimum Gasteiger partial charge on any atom is -0.487 e. The Labute approximate surface area is 207 Å². The number of nitrogens with zero attached hydrogens (tertiary/aromatic N) is 3. The van der Waals surface area contributed by atoms with Crippen LogP contribution >= 0.6 is 22.9 Å². The standard InChI is InChI=1S/C25H25ClN4O3S/c1-17-28-21(16-34-17)15-33-22-4-2-3-18(13-22)5-8-24(31)30-11-9-19(10-12-30)25(32)29-23-7-6-20(26)14-27-23/h2-8,13-14,16,19H,9-12,15H2,1H3,(H,27,29,32)/b8-5+. The summed E-state index contributed by atoms with van der Waals surface area (Å²) in [4.78, 5) is 35.4. The zero-order chi connectivity index (χ0) is 23.9. The number of hydrogen-bond acceptors (Lipinski definition) is 6. The van der Waals surface area contributed by atoms with Crippen LogP contribution < -0.4 is 10.1 Å². The van der Waals surface area contributed by atoms with Gasteiger partial charge in [0, 0.05) is 36.7 Å². The number of aromatic nitrogens is 2. The third-order valence-electron chi connectivity index (χ3n) is 5.49. The van der Waals surface area contributed by atoms with E-state index < -0.39 is 0 Å². The Bertz CT molecular complexity index is 1170. The van der Waals surface area contributed by atoms with Crippen molar-refractivity contribution in [1.29, 1.82) is 0 Å². The molecule has 176 valence electrons. The minimum absolute atomic E-state index is 0.0671. The molecule has 0 bridgehead atoms. The first-order chi connectivity index (χ1) is 16.5. The van der Waals surface area contributed by atoms with Crippen molar-refractivity contribution in [3.8, 4) is 5.75 Å². The molecule has 3 heterocycles. The highest BCUT2D eigenvalue weighted by Gasteiger charge is 2.26. The molecule has 0 atom stereocenters. The molecule has 2 amide bonds. The number of rotatable bonds is 7. The molecule has 7 nitrogen and oxygen atoms in total. The number of carbonyl (C=O) groups is 2. The summed E-state index contributed by atoms with van der Waals surface area (Å²) in [5.74, 6) is 0.899. The molecule has 0 saturated carbocycles. The molecule has 3 aromatic rings. The monoisotopic (exact) mass is 496 g/mol. The molecule has 0 radical (unpaired) electrons. The number of likely N-dealkylation sites (tertiary alicyclic amines) is 1. The lowest BCUT2D eigenvalue weighted by molar-refractivity contribution is -0.130. The number of anilines is 1. The normalized spacial score (nSPS) is 14.4. The summed E-state index contributed by atoms with van der Waals surface area (Å²) >= 11 is 7.42. The van der Waals surface area contributed by atoms with Gasteiger partial charge in [-0.05, 0) is 55.7 Å². The van der Waals surface area contributed by atoms with Gasteiger partial charge in [-0.25, -0.2) is 9.97 Å². The smallest absolute Gasteiger partial charge is 0.246 e. The second-order valence-corrected chi connectivity index (χ2v) is 9.50. The number of thiazole rings is 1. The van der Waals surface area contributed by atoms with E-state index in [1.807, 2.05) is 36.6 Å². The first-order valence-electron chi connectivity index (χ1n) is 11.0. The Morgan fingerprint density at radius 1 is 1.26 bits per heavy atom. The molecule has 1 aromatic carbocycles. The molecule has 2 aromatic heterocycles. The predicted octanol–water partition coefficient (Wildman–Crippen LogP) is 4.97. The molecule has 0 unspecified atom stereocenters. The Morgan fingerprint density at radius 3 is 2.79 bits per heavy atom. The fraction of sp³-hybridized carbons (Fsp3) is 0.280. The summed E-state index contributed by atoms with van der Waals surface area (Å²) in [7, 11) is 0. The van der Waals surface area contributed by atoms with Crippen molar-refractivity contribution in [1.82, 2.24) is 14.9 Å². The van der Waals surface area contributed by atoms with Crippen LogP contribution in [-0.4, -0.2) is 39.8 Å². The third kappa shape index (κ3) is 6.65. The van der Waals surface area contributed by atoms with E-state index in [1.165, 1.54) is 6.20 Å². The Hall–Kier alpha value is -3.23. The summed E-state index contributed by atoms with van der Waals surface area (Å²) in [5, 5.41) is 6.33. The summed E-state index contributed by atoms with van der Waals surface area (Å²) in [6.45, 7) is 3.44. The number of amides is 2. The van der Waals surface area contributed by atoms with Crippen molar-refractivity contribution in [3.63, 3.8) is 0 Å². The van der Waals surface area contributed by atoms with Gasteiger partial charge in [-0.2, -0.15) is 0 Å². The number of halogens is 1. The Morgan fingerprint density at radius 2 is 2.09 bits per heavy atom. The lowest BCUT2D eigenvalue weighted by atomic mass is 9.96. The fourth-order valence-corrected chi connectivity index (χ4v) is 4.36. The molecule has 0 spiro atoms. The number of pyridine rings is 1. The average Bonchev–Trinajstić information content (AvgIpc) is 3.28.